The first-order chi connectivity index (χ1) is 41.0. The number of oxazole rings is 1. The average Bonchev–Trinajstić information content (AvgIpc) is 2.14. The molecule has 8 amide bonds. The summed E-state index contributed by atoms with van der Waals surface area (Å²) in [5.74, 6) is -5.59. The van der Waals surface area contributed by atoms with Crippen molar-refractivity contribution in [3.63, 3.8) is 0 Å². The molecule has 29 heteroatoms. The normalized spacial score (nSPS) is 20.2. The zero-order valence-corrected chi connectivity index (χ0v) is 45.6. The highest BCUT2D eigenvalue weighted by Gasteiger charge is 2.59. The van der Waals surface area contributed by atoms with Crippen LogP contribution in [0, 0.1) is 11.8 Å². The summed E-state index contributed by atoms with van der Waals surface area (Å²) in [4.78, 5) is 129. The van der Waals surface area contributed by atoms with Crippen LogP contribution in [0.5, 0.6) is 0 Å². The number of aromatic nitrogens is 4. The highest BCUT2D eigenvalue weighted by molar-refractivity contribution is 6.25. The van der Waals surface area contributed by atoms with E-state index in [4.69, 9.17) is 18.6 Å². The standard InChI is InChI=1S/C56H60F2N12O15/c57-47(58)46-38(63-48(73)39-29-85-51(64-39)33-13-15-60-42(23-33)61-25-31-5-6-31)28-69(66-46)35-9-7-32(8-10-35)26-62-49(74)41-24-34(56(54(78)79)14-2-17-68(56)55(80)81)27-67(41)44(72)30-84-22-21-83-20-19-82-18-16-59-37-4-1-3-36-45(37)53(77)70(52(36)76)40-11-12-43(71)65-50(40)75/h1,3-4,7-10,13,15,23,28-29,31,34,40-41,47,59H,2,5-6,11-12,14,16-22,24-27,30H2,(H,60,61)(H,62,74)(H,63,73)(H,78,79)(H,80,81)(H,65,71,75)/t34-,40?,41+,56+/m1/s1. The molecular formula is C56H60F2N12O15. The molecule has 85 heavy (non-hydrogen) atoms. The molecule has 1 unspecified atom stereocenters. The summed E-state index contributed by atoms with van der Waals surface area (Å²) in [5, 5.41) is 38.3. The number of carbonyl (C=O) groups excluding carboxylic acids is 7. The van der Waals surface area contributed by atoms with Gasteiger partial charge in [-0.1, -0.05) is 18.2 Å². The minimum Gasteiger partial charge on any atom is -0.479 e. The molecule has 3 saturated heterocycles. The number of fused-ring (bicyclic) bond motifs is 1. The predicted octanol–water partition coefficient (Wildman–Crippen LogP) is 3.93. The number of amides is 8. The van der Waals surface area contributed by atoms with E-state index < -0.39 is 95.7 Å². The van der Waals surface area contributed by atoms with Crippen molar-refractivity contribution in [2.45, 2.75) is 75.5 Å². The van der Waals surface area contributed by atoms with Gasteiger partial charge in [-0.25, -0.2) is 33.0 Å². The Morgan fingerprint density at radius 2 is 1.66 bits per heavy atom. The summed E-state index contributed by atoms with van der Waals surface area (Å²) in [7, 11) is 0. The van der Waals surface area contributed by atoms with Gasteiger partial charge in [0.05, 0.1) is 61.7 Å². The second-order valence-corrected chi connectivity index (χ2v) is 20.9. The number of hydrogen-bond donors (Lipinski definition) is 7. The van der Waals surface area contributed by atoms with Gasteiger partial charge in [-0.3, -0.25) is 48.7 Å². The molecule has 27 nitrogen and oxygen atoms in total. The van der Waals surface area contributed by atoms with Gasteiger partial charge in [0.15, 0.2) is 11.4 Å². The summed E-state index contributed by atoms with van der Waals surface area (Å²) in [6.45, 7) is 0.540. The number of imide groups is 2. The molecule has 7 N–H and O–H groups in total. The lowest BCUT2D eigenvalue weighted by Gasteiger charge is -2.37. The molecule has 0 bridgehead atoms. The van der Waals surface area contributed by atoms with Gasteiger partial charge in [-0.2, -0.15) is 5.10 Å². The third-order valence-corrected chi connectivity index (χ3v) is 15.5. The molecule has 1 saturated carbocycles. The van der Waals surface area contributed by atoms with Gasteiger partial charge in [-0.05, 0) is 86.4 Å². The van der Waals surface area contributed by atoms with E-state index in [9.17, 15) is 62.1 Å². The minimum absolute atomic E-state index is 0.00313. The van der Waals surface area contributed by atoms with Gasteiger partial charge in [0.25, 0.3) is 24.1 Å². The number of carbonyl (C=O) groups is 9. The Balaban J connectivity index is 0.694. The van der Waals surface area contributed by atoms with E-state index in [1.807, 2.05) is 0 Å². The van der Waals surface area contributed by atoms with Gasteiger partial charge < -0.3 is 55.0 Å². The topological polar surface area (TPSA) is 348 Å². The molecule has 2 aromatic carbocycles. The Morgan fingerprint density at radius 1 is 0.894 bits per heavy atom. The maximum atomic E-state index is 14.3. The number of carboxylic acid groups (broad SMARTS) is 2. The molecule has 5 aliphatic rings. The lowest BCUT2D eigenvalue weighted by Crippen LogP contribution is -2.58. The zero-order chi connectivity index (χ0) is 59.9. The van der Waals surface area contributed by atoms with Crippen molar-refractivity contribution in [2.24, 2.45) is 11.8 Å². The Labute approximate surface area is 482 Å². The van der Waals surface area contributed by atoms with Crippen LogP contribution in [0.15, 0.2) is 77.7 Å². The number of piperidine rings is 1. The molecule has 5 aromatic rings. The third-order valence-electron chi connectivity index (χ3n) is 15.5. The van der Waals surface area contributed by atoms with Gasteiger partial charge in [0, 0.05) is 62.5 Å². The van der Waals surface area contributed by atoms with E-state index >= 15 is 0 Å². The molecule has 3 aromatic heterocycles. The largest absolute Gasteiger partial charge is 0.479 e. The minimum atomic E-state index is -3.08. The molecule has 4 fully saturated rings. The van der Waals surface area contributed by atoms with Crippen LogP contribution in [0.2, 0.25) is 0 Å². The highest BCUT2D eigenvalue weighted by atomic mass is 19.3. The number of rotatable bonds is 26. The van der Waals surface area contributed by atoms with Crippen molar-refractivity contribution in [1.82, 2.24) is 45.1 Å². The number of halogens is 2. The van der Waals surface area contributed by atoms with E-state index in [0.29, 0.717) is 34.2 Å². The number of ether oxygens (including phenoxy) is 3. The average molecular weight is 1180 g/mol. The highest BCUT2D eigenvalue weighted by Crippen LogP contribution is 2.43. The number of nitrogens with zero attached hydrogens (tertiary/aromatic N) is 7. The van der Waals surface area contributed by atoms with Gasteiger partial charge >= 0.3 is 12.1 Å². The summed E-state index contributed by atoms with van der Waals surface area (Å²) < 4.78 is 52.1. The zero-order valence-electron chi connectivity index (χ0n) is 45.6. The quantitative estimate of drug-likeness (QED) is 0.0305. The van der Waals surface area contributed by atoms with Crippen molar-refractivity contribution in [3.05, 3.63) is 101 Å². The van der Waals surface area contributed by atoms with E-state index in [2.05, 4.69) is 41.7 Å². The monoisotopic (exact) mass is 1180 g/mol. The van der Waals surface area contributed by atoms with Crippen LogP contribution in [0.25, 0.3) is 17.1 Å². The number of likely N-dealkylation sites (tertiary alicyclic amines) is 2. The van der Waals surface area contributed by atoms with Crippen molar-refractivity contribution >= 4 is 70.6 Å². The number of hydrogen-bond acceptors (Lipinski definition) is 18. The first kappa shape index (κ1) is 59.0. The third kappa shape index (κ3) is 13.0. The number of alkyl halides is 2. The van der Waals surface area contributed by atoms with Crippen LogP contribution in [0.1, 0.15) is 93.8 Å². The molecule has 0 radical (unpaired) electrons. The van der Waals surface area contributed by atoms with Crippen LogP contribution < -0.4 is 26.6 Å². The van der Waals surface area contributed by atoms with Crippen molar-refractivity contribution in [2.75, 3.05) is 81.8 Å². The summed E-state index contributed by atoms with van der Waals surface area (Å²) in [5.41, 5.74) is -1.03. The lowest BCUT2D eigenvalue weighted by atomic mass is 9.80. The van der Waals surface area contributed by atoms with Crippen molar-refractivity contribution < 1.29 is 80.8 Å². The van der Waals surface area contributed by atoms with Gasteiger partial charge in [0.1, 0.15) is 36.3 Å². The number of nitrogens with one attached hydrogen (secondary N) is 5. The number of benzene rings is 2. The fourth-order valence-corrected chi connectivity index (χ4v) is 11.0. The molecule has 7 heterocycles. The Kier molecular flexibility index (Phi) is 17.8. The molecule has 4 aliphatic heterocycles. The molecule has 448 valence electrons. The Hall–Kier alpha value is -9.22. The van der Waals surface area contributed by atoms with Gasteiger partial charge in [-0.15, -0.1) is 0 Å². The number of pyridine rings is 1. The van der Waals surface area contributed by atoms with Crippen molar-refractivity contribution in [1.29, 1.82) is 0 Å². The number of carboxylic acids is 1. The van der Waals surface area contributed by atoms with E-state index in [-0.39, 0.29) is 120 Å². The Bertz CT molecular complexity index is 3390. The van der Waals surface area contributed by atoms with E-state index in [0.717, 1.165) is 40.1 Å². The van der Waals surface area contributed by atoms with Gasteiger partial charge in [0.2, 0.25) is 29.5 Å². The smallest absolute Gasteiger partial charge is 0.408 e. The first-order valence-corrected chi connectivity index (χ1v) is 27.6. The number of anilines is 3. The maximum absolute atomic E-state index is 14.3. The Morgan fingerprint density at radius 3 is 2.39 bits per heavy atom. The fraction of sp³-hybridized carbons (Fsp3) is 0.429. The van der Waals surface area contributed by atoms with Crippen LogP contribution in [-0.4, -0.2) is 182 Å². The molecular weight excluding hydrogens is 1120 g/mol. The predicted molar refractivity (Wildman–Crippen MR) is 291 cm³/mol. The summed E-state index contributed by atoms with van der Waals surface area (Å²) >= 11 is 0. The molecule has 4 atom stereocenters. The van der Waals surface area contributed by atoms with Crippen LogP contribution >= 0.6 is 0 Å². The number of aliphatic carboxylic acids is 1. The first-order valence-electron chi connectivity index (χ1n) is 27.6. The molecule has 0 spiro atoms. The second kappa shape index (κ2) is 25.7. The second-order valence-electron chi connectivity index (χ2n) is 20.9. The maximum Gasteiger partial charge on any atom is 0.408 e. The van der Waals surface area contributed by atoms with E-state index in [1.165, 1.54) is 17.2 Å². The van der Waals surface area contributed by atoms with Crippen molar-refractivity contribution in [3.8, 4) is 17.1 Å². The fourth-order valence-electron chi connectivity index (χ4n) is 11.0. The van der Waals surface area contributed by atoms with Crippen LogP contribution in [0.4, 0.5) is 30.8 Å². The molecule has 10 rings (SSSR count). The van der Waals surface area contributed by atoms with Crippen LogP contribution in [0.3, 0.4) is 0 Å². The van der Waals surface area contributed by atoms with Crippen LogP contribution in [-0.2, 0) is 44.7 Å². The summed E-state index contributed by atoms with van der Waals surface area (Å²) in [6, 6.07) is 12.1. The summed E-state index contributed by atoms with van der Waals surface area (Å²) in [6.07, 6.45) is 1.77. The lowest BCUT2D eigenvalue weighted by molar-refractivity contribution is -0.152. The molecule has 1 aliphatic carbocycles. The SMILES string of the molecule is O=C1CCC(N2C(=O)c3cccc(NCCOCCOCCOCC(=O)N4C[C@H]([C@]5(C(=O)O)CCCN5C(=O)O)C[C@H]4C(=O)NCc4ccc(-n5cc(NC(=O)c6coc(-c7ccnc(NCC8CC8)c7)n6)c(C(F)F)n5)cc4)c3C2=O)C(=O)N1. The van der Waals surface area contributed by atoms with E-state index in [1.54, 1.807) is 54.7 Å².